The first-order valence-electron chi connectivity index (χ1n) is 8.03. The van der Waals surface area contributed by atoms with Gasteiger partial charge in [0.05, 0.1) is 17.3 Å². The Morgan fingerprint density at radius 1 is 1.29 bits per heavy atom. The largest absolute Gasteiger partial charge is 0.550 e. The van der Waals surface area contributed by atoms with Gasteiger partial charge in [0.15, 0.2) is 5.13 Å². The number of benzene rings is 1. The normalized spacial score (nSPS) is 28.2. The van der Waals surface area contributed by atoms with Gasteiger partial charge in [0, 0.05) is 17.8 Å². The van der Waals surface area contributed by atoms with Crippen molar-refractivity contribution >= 4 is 38.6 Å². The molecule has 0 unspecified atom stereocenters. The molecule has 126 valence electrons. The summed E-state index contributed by atoms with van der Waals surface area (Å²) in [5.74, 6) is -1.57. The molecular formula is C17H17N2O4S-. The smallest absolute Gasteiger partial charge is 0.230 e. The standard InChI is InChI=1S/C17H18N2O4S/c1-23-10-4-5-11-12(7-10)24-17(18-11)19-15(20)13-8-2-3-9(6-8)14(13)16(21)22/h4-5,7-9,13-14H,2-3,6H2,1H3,(H,21,22)(H,18,19,20)/p-1/t8-,9-,13-,14-/m0/s1. The highest BCUT2D eigenvalue weighted by Crippen LogP contribution is 2.52. The van der Waals surface area contributed by atoms with Crippen molar-refractivity contribution in [2.45, 2.75) is 19.3 Å². The molecule has 2 fully saturated rings. The third kappa shape index (κ3) is 2.43. The van der Waals surface area contributed by atoms with Gasteiger partial charge in [-0.1, -0.05) is 11.3 Å². The van der Waals surface area contributed by atoms with Crippen LogP contribution in [0.4, 0.5) is 5.13 Å². The van der Waals surface area contributed by atoms with E-state index in [-0.39, 0.29) is 17.7 Å². The Morgan fingerprint density at radius 3 is 2.75 bits per heavy atom. The Labute approximate surface area is 142 Å². The number of carbonyl (C=O) groups is 2. The molecule has 1 aromatic carbocycles. The summed E-state index contributed by atoms with van der Waals surface area (Å²) < 4.78 is 6.10. The second-order valence-corrected chi connectivity index (χ2v) is 7.58. The number of rotatable bonds is 4. The molecule has 0 aliphatic heterocycles. The number of hydrogen-bond donors (Lipinski definition) is 1. The number of amides is 1. The van der Waals surface area contributed by atoms with Gasteiger partial charge in [-0.3, -0.25) is 4.79 Å². The summed E-state index contributed by atoms with van der Waals surface area (Å²) in [6.07, 6.45) is 2.62. The van der Waals surface area contributed by atoms with Crippen molar-refractivity contribution in [3.8, 4) is 5.75 Å². The molecule has 2 aliphatic carbocycles. The van der Waals surface area contributed by atoms with Gasteiger partial charge in [-0.05, 0) is 49.3 Å². The first-order valence-corrected chi connectivity index (χ1v) is 8.85. The Kier molecular flexibility index (Phi) is 3.68. The van der Waals surface area contributed by atoms with Crippen molar-refractivity contribution in [2.24, 2.45) is 23.7 Å². The molecule has 2 saturated carbocycles. The summed E-state index contributed by atoms with van der Waals surface area (Å²) in [6.45, 7) is 0. The number of hydrogen-bond acceptors (Lipinski definition) is 6. The maximum absolute atomic E-state index is 12.7. The van der Waals surface area contributed by atoms with Gasteiger partial charge in [-0.15, -0.1) is 0 Å². The van der Waals surface area contributed by atoms with E-state index in [1.807, 2.05) is 18.2 Å². The number of aliphatic carboxylic acids is 1. The molecule has 4 atom stereocenters. The maximum Gasteiger partial charge on any atom is 0.230 e. The fraction of sp³-hybridized carbons (Fsp3) is 0.471. The van der Waals surface area contributed by atoms with Gasteiger partial charge in [0.2, 0.25) is 5.91 Å². The number of carboxylic acid groups (broad SMARTS) is 1. The molecule has 2 bridgehead atoms. The van der Waals surface area contributed by atoms with Crippen LogP contribution in [0.25, 0.3) is 10.2 Å². The number of ether oxygens (including phenoxy) is 1. The number of carbonyl (C=O) groups excluding carboxylic acids is 2. The lowest BCUT2D eigenvalue weighted by Gasteiger charge is -2.30. The molecule has 0 radical (unpaired) electrons. The van der Waals surface area contributed by atoms with Crippen LogP contribution in [-0.2, 0) is 9.59 Å². The lowest BCUT2D eigenvalue weighted by Crippen LogP contribution is -2.43. The summed E-state index contributed by atoms with van der Waals surface area (Å²) in [5, 5.41) is 14.8. The van der Waals surface area contributed by atoms with Crippen molar-refractivity contribution in [2.75, 3.05) is 12.4 Å². The molecule has 0 spiro atoms. The third-order valence-corrected chi connectivity index (χ3v) is 6.25. The summed E-state index contributed by atoms with van der Waals surface area (Å²) in [7, 11) is 1.60. The Morgan fingerprint density at radius 2 is 2.04 bits per heavy atom. The number of anilines is 1. The topological polar surface area (TPSA) is 91.3 Å². The summed E-state index contributed by atoms with van der Waals surface area (Å²) in [5.41, 5.74) is 0.778. The molecule has 2 aromatic rings. The molecule has 6 nitrogen and oxygen atoms in total. The van der Waals surface area contributed by atoms with Gasteiger partial charge in [0.25, 0.3) is 0 Å². The van der Waals surface area contributed by atoms with Crippen LogP contribution in [-0.4, -0.2) is 24.0 Å². The van der Waals surface area contributed by atoms with Gasteiger partial charge in [-0.25, -0.2) is 4.98 Å². The molecular weight excluding hydrogens is 328 g/mol. The van der Waals surface area contributed by atoms with Crippen LogP contribution in [0.1, 0.15) is 19.3 Å². The predicted octanol–water partition coefficient (Wildman–Crippen LogP) is 1.66. The van der Waals surface area contributed by atoms with Crippen LogP contribution in [0, 0.1) is 23.7 Å². The van der Waals surface area contributed by atoms with Crippen molar-refractivity contribution in [3.05, 3.63) is 18.2 Å². The first kappa shape index (κ1) is 15.4. The SMILES string of the molecule is COc1ccc2nc(NC(=O)[C@H]3[C@H]4CC[C@@H](C4)[C@@H]3C(=O)[O-])sc2c1. The Bertz CT molecular complexity index is 818. The quantitative estimate of drug-likeness (QED) is 0.910. The number of nitrogens with one attached hydrogen (secondary N) is 1. The van der Waals surface area contributed by atoms with Crippen LogP contribution in [0.3, 0.4) is 0 Å². The molecule has 1 aromatic heterocycles. The first-order chi connectivity index (χ1) is 11.6. The van der Waals surface area contributed by atoms with Crippen molar-refractivity contribution < 1.29 is 19.4 Å². The number of nitrogens with zero attached hydrogens (tertiary/aromatic N) is 1. The van der Waals surface area contributed by atoms with Gasteiger partial charge in [-0.2, -0.15) is 0 Å². The fourth-order valence-corrected chi connectivity index (χ4v) is 5.18. The second kappa shape index (κ2) is 5.73. The highest BCUT2D eigenvalue weighted by atomic mass is 32.1. The van der Waals surface area contributed by atoms with E-state index in [1.165, 1.54) is 11.3 Å². The highest BCUT2D eigenvalue weighted by molar-refractivity contribution is 7.22. The van der Waals surface area contributed by atoms with Crippen molar-refractivity contribution in [1.29, 1.82) is 0 Å². The summed E-state index contributed by atoms with van der Waals surface area (Å²) in [6, 6.07) is 5.52. The van der Waals surface area contributed by atoms with E-state index in [2.05, 4.69) is 10.3 Å². The molecule has 1 heterocycles. The molecule has 1 amide bonds. The lowest BCUT2D eigenvalue weighted by atomic mass is 9.79. The second-order valence-electron chi connectivity index (χ2n) is 6.55. The average Bonchev–Trinajstić information content (AvgIpc) is 3.26. The third-order valence-electron chi connectivity index (χ3n) is 5.32. The van der Waals surface area contributed by atoms with E-state index in [0.29, 0.717) is 5.13 Å². The van der Waals surface area contributed by atoms with Crippen LogP contribution in [0.5, 0.6) is 5.75 Å². The number of fused-ring (bicyclic) bond motifs is 3. The minimum Gasteiger partial charge on any atom is -0.550 e. The minimum atomic E-state index is -1.10. The minimum absolute atomic E-state index is 0.0791. The number of carboxylic acids is 1. The van der Waals surface area contributed by atoms with E-state index in [1.54, 1.807) is 7.11 Å². The molecule has 2 aliphatic rings. The molecule has 0 saturated heterocycles. The molecule has 24 heavy (non-hydrogen) atoms. The van der Waals surface area contributed by atoms with Gasteiger partial charge >= 0.3 is 0 Å². The number of thiazole rings is 1. The molecule has 4 rings (SSSR count). The van der Waals surface area contributed by atoms with E-state index in [0.717, 1.165) is 35.2 Å². The van der Waals surface area contributed by atoms with Gasteiger partial charge < -0.3 is 20.0 Å². The van der Waals surface area contributed by atoms with Gasteiger partial charge in [0.1, 0.15) is 5.75 Å². The number of aromatic nitrogens is 1. The van der Waals surface area contributed by atoms with E-state index < -0.39 is 17.8 Å². The number of methoxy groups -OCH3 is 1. The molecule has 7 heteroatoms. The average molecular weight is 345 g/mol. The van der Waals surface area contributed by atoms with E-state index in [9.17, 15) is 14.7 Å². The zero-order valence-corrected chi connectivity index (χ0v) is 14.0. The maximum atomic E-state index is 12.7. The summed E-state index contributed by atoms with van der Waals surface area (Å²) in [4.78, 5) is 28.5. The van der Waals surface area contributed by atoms with Crippen molar-refractivity contribution in [1.82, 2.24) is 4.98 Å². The zero-order valence-electron chi connectivity index (χ0n) is 13.2. The van der Waals surface area contributed by atoms with Crippen LogP contribution in [0.15, 0.2) is 18.2 Å². The summed E-state index contributed by atoms with van der Waals surface area (Å²) >= 11 is 1.36. The Balaban J connectivity index is 1.56. The van der Waals surface area contributed by atoms with Crippen molar-refractivity contribution in [3.63, 3.8) is 0 Å². The monoisotopic (exact) mass is 345 g/mol. The van der Waals surface area contributed by atoms with Crippen LogP contribution in [0.2, 0.25) is 0 Å². The predicted molar refractivity (Wildman–Crippen MR) is 87.6 cm³/mol. The van der Waals surface area contributed by atoms with Crippen LogP contribution < -0.4 is 15.2 Å². The lowest BCUT2D eigenvalue weighted by molar-refractivity contribution is -0.314. The highest BCUT2D eigenvalue weighted by Gasteiger charge is 2.51. The Hall–Kier alpha value is -2.15. The van der Waals surface area contributed by atoms with E-state index >= 15 is 0 Å². The zero-order chi connectivity index (χ0) is 16.8. The van der Waals surface area contributed by atoms with Crippen LogP contribution >= 0.6 is 11.3 Å². The fourth-order valence-electron chi connectivity index (χ4n) is 4.28. The van der Waals surface area contributed by atoms with E-state index in [4.69, 9.17) is 4.74 Å². The molecule has 1 N–H and O–H groups in total.